The highest BCUT2D eigenvalue weighted by Gasteiger charge is 2.62. The fourth-order valence-corrected chi connectivity index (χ4v) is 6.33. The van der Waals surface area contributed by atoms with Crippen LogP contribution in [0.1, 0.15) is 79.8 Å². The van der Waals surface area contributed by atoms with Crippen LogP contribution in [0.4, 0.5) is 0 Å². The molecular formula is C31H30O11. The molecule has 0 amide bonds. The minimum atomic E-state index is -2.30. The van der Waals surface area contributed by atoms with Crippen molar-refractivity contribution in [2.24, 2.45) is 0 Å². The molecule has 6 N–H and O–H groups in total. The third-order valence-corrected chi connectivity index (χ3v) is 8.38. The molecule has 0 saturated carbocycles. The van der Waals surface area contributed by atoms with Gasteiger partial charge in [0.05, 0.1) is 25.0 Å². The zero-order chi connectivity index (χ0) is 31.0. The Bertz CT molecular complexity index is 1700. The van der Waals surface area contributed by atoms with Crippen molar-refractivity contribution in [1.29, 1.82) is 0 Å². The largest absolute Gasteiger partial charge is 0.507 e. The van der Waals surface area contributed by atoms with Crippen LogP contribution in [0.5, 0.6) is 34.5 Å². The molecule has 1 heterocycles. The van der Waals surface area contributed by atoms with Gasteiger partial charge in [0.1, 0.15) is 56.8 Å². The number of Topliss-reactive ketones (excluding diaryl/α,β-unsaturated/α-hetero) is 1. The van der Waals surface area contributed by atoms with E-state index in [0.29, 0.717) is 11.1 Å². The van der Waals surface area contributed by atoms with E-state index >= 15 is 0 Å². The summed E-state index contributed by atoms with van der Waals surface area (Å²) in [6, 6.07) is 5.37. The van der Waals surface area contributed by atoms with Gasteiger partial charge in [0, 0.05) is 23.1 Å². The third-order valence-electron chi connectivity index (χ3n) is 8.38. The van der Waals surface area contributed by atoms with Gasteiger partial charge in [-0.2, -0.15) is 0 Å². The van der Waals surface area contributed by atoms with Crippen molar-refractivity contribution in [3.05, 3.63) is 68.8 Å². The zero-order valence-electron chi connectivity index (χ0n) is 23.5. The summed E-state index contributed by atoms with van der Waals surface area (Å²) >= 11 is 0. The van der Waals surface area contributed by atoms with Crippen LogP contribution in [0.25, 0.3) is 0 Å². The molecule has 220 valence electrons. The minimum Gasteiger partial charge on any atom is -0.507 e. The van der Waals surface area contributed by atoms with Crippen molar-refractivity contribution >= 4 is 17.5 Å². The molecule has 0 aromatic heterocycles. The van der Waals surface area contributed by atoms with Crippen LogP contribution in [0.3, 0.4) is 0 Å². The predicted octanol–water partition coefficient (Wildman–Crippen LogP) is 3.64. The first-order valence-corrected chi connectivity index (χ1v) is 13.1. The average molecular weight is 579 g/mol. The second kappa shape index (κ2) is 9.38. The fourth-order valence-electron chi connectivity index (χ4n) is 6.33. The van der Waals surface area contributed by atoms with Gasteiger partial charge in [-0.15, -0.1) is 0 Å². The van der Waals surface area contributed by atoms with E-state index in [9.17, 15) is 45.0 Å². The van der Waals surface area contributed by atoms with Crippen LogP contribution in [0, 0.1) is 20.8 Å². The maximum Gasteiger partial charge on any atom is 0.313 e. The van der Waals surface area contributed by atoms with Crippen molar-refractivity contribution in [1.82, 2.24) is 0 Å². The number of hydrogen-bond acceptors (Lipinski definition) is 11. The molecule has 5 rings (SSSR count). The zero-order valence-corrected chi connectivity index (χ0v) is 23.5. The molecule has 3 atom stereocenters. The van der Waals surface area contributed by atoms with Crippen LogP contribution in [-0.2, 0) is 15.1 Å². The quantitative estimate of drug-likeness (QED) is 0.150. The third kappa shape index (κ3) is 3.87. The second-order valence-electron chi connectivity index (χ2n) is 11.2. The summed E-state index contributed by atoms with van der Waals surface area (Å²) in [5, 5.41) is 66.7. The molecule has 11 heteroatoms. The number of ketones is 2. The minimum absolute atomic E-state index is 0.0136. The number of hydrogen-bond donors (Lipinski definition) is 6. The summed E-state index contributed by atoms with van der Waals surface area (Å²) in [7, 11) is 1.09. The summed E-state index contributed by atoms with van der Waals surface area (Å²) in [5.74, 6) is -6.85. The molecule has 0 bridgehead atoms. The highest BCUT2D eigenvalue weighted by atomic mass is 16.5. The molecule has 0 spiro atoms. The molecule has 11 nitrogen and oxygen atoms in total. The van der Waals surface area contributed by atoms with Gasteiger partial charge in [0.15, 0.2) is 5.78 Å². The van der Waals surface area contributed by atoms with E-state index < -0.39 is 81.6 Å². The Morgan fingerprint density at radius 2 is 1.48 bits per heavy atom. The average Bonchev–Trinajstić information content (AvgIpc) is 3.21. The molecular weight excluding hydrogens is 548 g/mol. The number of fused-ring (bicyclic) bond motifs is 2. The number of rotatable bonds is 4. The Morgan fingerprint density at radius 1 is 0.905 bits per heavy atom. The van der Waals surface area contributed by atoms with Crippen molar-refractivity contribution in [2.45, 2.75) is 57.7 Å². The van der Waals surface area contributed by atoms with E-state index in [1.807, 2.05) is 0 Å². The van der Waals surface area contributed by atoms with Gasteiger partial charge in [-0.05, 0) is 63.1 Å². The molecule has 1 aliphatic carbocycles. The number of carbonyl (C=O) groups is 3. The number of aryl methyl sites for hydroxylation is 2. The van der Waals surface area contributed by atoms with Crippen LogP contribution >= 0.6 is 0 Å². The van der Waals surface area contributed by atoms with Crippen LogP contribution < -0.4 is 4.74 Å². The standard InChI is InChI=1S/C31H30O11/c1-12-6-17(33)24(18(34)7-12)28(38)21-14(3)26(36)25-22(27(21)37)15(29(39)41-5)10-31(25,40)30(4)11-19(35)23-16(32)8-13(2)9-20(23)42-30/h6-9,15,32-34,36-37,40H,10-11H2,1-5H3. The number of methoxy groups -OCH3 is 1. The number of benzene rings is 3. The normalized spacial score (nSPS) is 22.7. The SMILES string of the molecule is COC(=O)C1CC(O)(C2(C)CC(=O)c3c(O)cc(C)cc3O2)c2c(O)c(C)c(C(=O)c3c(O)cc(C)cc3O)c(O)c21. The van der Waals surface area contributed by atoms with E-state index in [-0.39, 0.29) is 33.8 Å². The number of carbonyl (C=O) groups excluding carboxylic acids is 3. The maximum atomic E-state index is 13.6. The van der Waals surface area contributed by atoms with Gasteiger partial charge >= 0.3 is 5.97 Å². The number of ether oxygens (including phenoxy) is 2. The van der Waals surface area contributed by atoms with Crippen molar-refractivity contribution < 1.29 is 54.5 Å². The molecule has 42 heavy (non-hydrogen) atoms. The Kier molecular flexibility index (Phi) is 6.42. The van der Waals surface area contributed by atoms with E-state index in [2.05, 4.69) is 0 Å². The summed E-state index contributed by atoms with van der Waals surface area (Å²) in [5.41, 5.74) is -5.12. The van der Waals surface area contributed by atoms with Crippen LogP contribution in [-0.4, -0.2) is 60.9 Å². The van der Waals surface area contributed by atoms with Gasteiger partial charge in [-0.3, -0.25) is 14.4 Å². The molecule has 3 unspecified atom stereocenters. The highest BCUT2D eigenvalue weighted by Crippen LogP contribution is 2.61. The monoisotopic (exact) mass is 578 g/mol. The lowest BCUT2D eigenvalue weighted by molar-refractivity contribution is -0.152. The molecule has 0 fully saturated rings. The van der Waals surface area contributed by atoms with Crippen molar-refractivity contribution in [3.63, 3.8) is 0 Å². The van der Waals surface area contributed by atoms with Gasteiger partial charge in [-0.1, -0.05) is 0 Å². The van der Waals surface area contributed by atoms with Gasteiger partial charge in [0.25, 0.3) is 0 Å². The van der Waals surface area contributed by atoms with Crippen LogP contribution in [0.15, 0.2) is 24.3 Å². The Hall–Kier alpha value is -4.77. The Morgan fingerprint density at radius 3 is 2.07 bits per heavy atom. The molecule has 3 aromatic rings. The van der Waals surface area contributed by atoms with Gasteiger partial charge < -0.3 is 40.1 Å². The topological polar surface area (TPSA) is 191 Å². The first-order chi connectivity index (χ1) is 19.6. The Balaban J connectivity index is 1.76. The number of phenolic OH excluding ortho intramolecular Hbond substituents is 5. The number of aromatic hydroxyl groups is 5. The lowest BCUT2D eigenvalue weighted by Crippen LogP contribution is -2.56. The number of esters is 1. The highest BCUT2D eigenvalue weighted by molar-refractivity contribution is 6.15. The maximum absolute atomic E-state index is 13.6. The molecule has 2 aliphatic rings. The predicted molar refractivity (Wildman–Crippen MR) is 147 cm³/mol. The smallest absolute Gasteiger partial charge is 0.313 e. The molecule has 0 radical (unpaired) electrons. The molecule has 1 aliphatic heterocycles. The van der Waals surface area contributed by atoms with E-state index in [4.69, 9.17) is 9.47 Å². The van der Waals surface area contributed by atoms with E-state index in [1.165, 1.54) is 38.1 Å². The molecule has 3 aromatic carbocycles. The van der Waals surface area contributed by atoms with Crippen LogP contribution in [0.2, 0.25) is 0 Å². The lowest BCUT2D eigenvalue weighted by atomic mass is 9.73. The summed E-state index contributed by atoms with van der Waals surface area (Å²) in [4.78, 5) is 39.9. The number of phenols is 5. The van der Waals surface area contributed by atoms with Crippen molar-refractivity contribution in [3.8, 4) is 34.5 Å². The van der Waals surface area contributed by atoms with Gasteiger partial charge in [-0.25, -0.2) is 0 Å². The number of aliphatic hydroxyl groups is 1. The summed E-state index contributed by atoms with van der Waals surface area (Å²) in [6.45, 7) is 5.94. The first-order valence-electron chi connectivity index (χ1n) is 13.1. The summed E-state index contributed by atoms with van der Waals surface area (Å²) < 4.78 is 11.1. The fraction of sp³-hybridized carbons (Fsp3) is 0.323. The lowest BCUT2D eigenvalue weighted by Gasteiger charge is -2.45. The first kappa shape index (κ1) is 28.7. The summed E-state index contributed by atoms with van der Waals surface area (Å²) in [6.07, 6.45) is -0.989. The second-order valence-corrected chi connectivity index (χ2v) is 11.2. The van der Waals surface area contributed by atoms with E-state index in [0.717, 1.165) is 7.11 Å². The molecule has 0 saturated heterocycles. The Labute approximate surface area is 240 Å². The van der Waals surface area contributed by atoms with Gasteiger partial charge in [0.2, 0.25) is 5.78 Å². The van der Waals surface area contributed by atoms with E-state index in [1.54, 1.807) is 13.8 Å². The van der Waals surface area contributed by atoms with Crippen molar-refractivity contribution in [2.75, 3.05) is 7.11 Å².